The lowest BCUT2D eigenvalue weighted by molar-refractivity contribution is 0.415. The number of halogens is 1. The monoisotopic (exact) mass is 335 g/mol. The Bertz CT molecular complexity index is 870. The molecule has 0 saturated carbocycles. The number of pyridine rings is 1. The number of rotatable bonds is 3. The summed E-state index contributed by atoms with van der Waals surface area (Å²) < 4.78 is 5.23. The molecule has 0 aliphatic heterocycles. The molecule has 0 bridgehead atoms. The van der Waals surface area contributed by atoms with Gasteiger partial charge in [0.05, 0.1) is 7.11 Å². The second-order valence-electron chi connectivity index (χ2n) is 5.66. The van der Waals surface area contributed by atoms with Gasteiger partial charge in [-0.2, -0.15) is 0 Å². The van der Waals surface area contributed by atoms with Gasteiger partial charge in [-0.05, 0) is 64.1 Å². The Balaban J connectivity index is 0.00000169. The van der Waals surface area contributed by atoms with Crippen molar-refractivity contribution in [2.45, 2.75) is 6.42 Å². The fourth-order valence-electron chi connectivity index (χ4n) is 3.12. The van der Waals surface area contributed by atoms with Crippen LogP contribution in [0.3, 0.4) is 0 Å². The van der Waals surface area contributed by atoms with Crippen molar-refractivity contribution in [1.29, 1.82) is 0 Å². The molecule has 0 saturated heterocycles. The molecule has 1 aliphatic rings. The molecule has 0 atom stereocenters. The lowest BCUT2D eigenvalue weighted by atomic mass is 9.96. The predicted molar refractivity (Wildman–Crippen MR) is 101 cm³/mol. The first-order valence-electron chi connectivity index (χ1n) is 7.73. The Labute approximate surface area is 148 Å². The third-order valence-electron chi connectivity index (χ3n) is 4.34. The number of allylic oxidation sites excluding steroid dienone is 1. The van der Waals surface area contributed by atoms with Crippen LogP contribution < -0.4 is 4.74 Å². The average molecular weight is 336 g/mol. The number of nitrogens with zero attached hydrogens (tertiary/aromatic N) is 1. The lowest BCUT2D eigenvalue weighted by Gasteiger charge is -2.09. The van der Waals surface area contributed by atoms with Crippen molar-refractivity contribution in [3.05, 3.63) is 89.8 Å². The van der Waals surface area contributed by atoms with Gasteiger partial charge in [0.2, 0.25) is 0 Å². The number of ether oxygens (including phenoxy) is 1. The van der Waals surface area contributed by atoms with E-state index in [1.165, 1.54) is 33.4 Å². The molecule has 3 aromatic rings. The molecule has 2 nitrogen and oxygen atoms in total. The van der Waals surface area contributed by atoms with E-state index in [0.29, 0.717) is 0 Å². The van der Waals surface area contributed by atoms with Crippen LogP contribution in [0, 0.1) is 0 Å². The molecule has 0 fully saturated rings. The van der Waals surface area contributed by atoms with Gasteiger partial charge >= 0.3 is 0 Å². The summed E-state index contributed by atoms with van der Waals surface area (Å²) in [6.45, 7) is 0. The van der Waals surface area contributed by atoms with Gasteiger partial charge in [0, 0.05) is 12.4 Å². The van der Waals surface area contributed by atoms with E-state index in [4.69, 9.17) is 4.74 Å². The second-order valence-corrected chi connectivity index (χ2v) is 5.66. The van der Waals surface area contributed by atoms with Gasteiger partial charge in [0.25, 0.3) is 0 Å². The minimum absolute atomic E-state index is 0. The van der Waals surface area contributed by atoms with Crippen LogP contribution in [0.4, 0.5) is 0 Å². The highest BCUT2D eigenvalue weighted by Crippen LogP contribution is 2.35. The van der Waals surface area contributed by atoms with Crippen LogP contribution in [0.1, 0.15) is 16.7 Å². The standard InChI is InChI=1S/C21H17NO.ClH/c1-23-19-6-2-15(3-7-19)17-4-8-21-18(14-17)5-9-20(21)16-10-12-22-13-11-16;/h2-4,6-14H,5H2,1H3;1H. The average Bonchev–Trinajstić information content (AvgIpc) is 3.06. The highest BCUT2D eigenvalue weighted by Gasteiger charge is 2.16. The van der Waals surface area contributed by atoms with E-state index in [2.05, 4.69) is 53.5 Å². The summed E-state index contributed by atoms with van der Waals surface area (Å²) in [7, 11) is 1.69. The Hall–Kier alpha value is -2.58. The number of hydrogen-bond donors (Lipinski definition) is 0. The first-order chi connectivity index (χ1) is 11.3. The molecular weight excluding hydrogens is 318 g/mol. The van der Waals surface area contributed by atoms with Crippen LogP contribution in [0.15, 0.2) is 73.1 Å². The van der Waals surface area contributed by atoms with E-state index in [9.17, 15) is 0 Å². The maximum absolute atomic E-state index is 5.23. The van der Waals surface area contributed by atoms with Crippen LogP contribution in [0.5, 0.6) is 5.75 Å². The Kier molecular flexibility index (Phi) is 4.68. The zero-order valence-electron chi connectivity index (χ0n) is 13.4. The molecule has 1 heterocycles. The van der Waals surface area contributed by atoms with E-state index in [1.807, 2.05) is 24.5 Å². The normalized spacial score (nSPS) is 12.1. The van der Waals surface area contributed by atoms with Crippen LogP contribution in [0.25, 0.3) is 16.7 Å². The number of aromatic nitrogens is 1. The Morgan fingerprint density at radius 1 is 0.833 bits per heavy atom. The van der Waals surface area contributed by atoms with Gasteiger partial charge in [0.1, 0.15) is 5.75 Å². The van der Waals surface area contributed by atoms with Crippen LogP contribution in [-0.4, -0.2) is 12.1 Å². The van der Waals surface area contributed by atoms with E-state index in [1.54, 1.807) is 7.11 Å². The van der Waals surface area contributed by atoms with Gasteiger partial charge < -0.3 is 4.74 Å². The predicted octanol–water partition coefficient (Wildman–Crippen LogP) is 5.17. The zero-order chi connectivity index (χ0) is 15.6. The van der Waals surface area contributed by atoms with Gasteiger partial charge in [-0.3, -0.25) is 4.98 Å². The Morgan fingerprint density at radius 3 is 2.25 bits per heavy atom. The number of fused-ring (bicyclic) bond motifs is 1. The number of methoxy groups -OCH3 is 1. The van der Waals surface area contributed by atoms with Crippen LogP contribution in [-0.2, 0) is 6.42 Å². The quantitative estimate of drug-likeness (QED) is 0.659. The number of hydrogen-bond acceptors (Lipinski definition) is 2. The minimum Gasteiger partial charge on any atom is -0.497 e. The third-order valence-corrected chi connectivity index (χ3v) is 4.34. The van der Waals surface area contributed by atoms with Crippen molar-refractivity contribution in [3.63, 3.8) is 0 Å². The van der Waals surface area contributed by atoms with Crippen molar-refractivity contribution >= 4 is 18.0 Å². The first kappa shape index (κ1) is 16.3. The van der Waals surface area contributed by atoms with Crippen molar-refractivity contribution < 1.29 is 4.74 Å². The first-order valence-corrected chi connectivity index (χ1v) is 7.73. The Morgan fingerprint density at radius 2 is 1.54 bits per heavy atom. The summed E-state index contributed by atoms with van der Waals surface area (Å²) in [5.74, 6) is 0.886. The fourth-order valence-corrected chi connectivity index (χ4v) is 3.12. The fraction of sp³-hybridized carbons (Fsp3) is 0.0952. The van der Waals surface area contributed by atoms with Crippen LogP contribution >= 0.6 is 12.4 Å². The van der Waals surface area contributed by atoms with E-state index < -0.39 is 0 Å². The summed E-state index contributed by atoms with van der Waals surface area (Å²) >= 11 is 0. The molecule has 2 aromatic carbocycles. The molecule has 3 heteroatoms. The van der Waals surface area contributed by atoms with E-state index >= 15 is 0 Å². The SMILES string of the molecule is COc1ccc(-c2ccc3c(c2)CC=C3c2ccncc2)cc1.Cl. The molecule has 1 aliphatic carbocycles. The van der Waals surface area contributed by atoms with Crippen molar-refractivity contribution in [2.75, 3.05) is 7.11 Å². The highest BCUT2D eigenvalue weighted by atomic mass is 35.5. The smallest absolute Gasteiger partial charge is 0.118 e. The molecular formula is C21H18ClNO. The summed E-state index contributed by atoms with van der Waals surface area (Å²) in [6.07, 6.45) is 6.98. The van der Waals surface area contributed by atoms with E-state index in [-0.39, 0.29) is 12.4 Å². The minimum atomic E-state index is 0. The molecule has 0 unspecified atom stereocenters. The summed E-state index contributed by atoms with van der Waals surface area (Å²) in [4.78, 5) is 4.10. The summed E-state index contributed by atoms with van der Waals surface area (Å²) in [5, 5.41) is 0. The molecule has 1 aromatic heterocycles. The maximum atomic E-state index is 5.23. The molecule has 4 rings (SSSR count). The molecule has 0 amide bonds. The van der Waals surface area contributed by atoms with E-state index in [0.717, 1.165) is 12.2 Å². The maximum Gasteiger partial charge on any atom is 0.118 e. The van der Waals surface area contributed by atoms with Gasteiger partial charge in [0.15, 0.2) is 0 Å². The topological polar surface area (TPSA) is 22.1 Å². The van der Waals surface area contributed by atoms with Crippen LogP contribution in [0.2, 0.25) is 0 Å². The molecule has 0 spiro atoms. The van der Waals surface area contributed by atoms with Crippen molar-refractivity contribution in [1.82, 2.24) is 4.98 Å². The van der Waals surface area contributed by atoms with Gasteiger partial charge in [-0.1, -0.05) is 36.4 Å². The van der Waals surface area contributed by atoms with Gasteiger partial charge in [-0.25, -0.2) is 0 Å². The highest BCUT2D eigenvalue weighted by molar-refractivity contribution is 5.86. The molecule has 0 N–H and O–H groups in total. The second kappa shape index (κ2) is 6.90. The third kappa shape index (κ3) is 2.93. The largest absolute Gasteiger partial charge is 0.497 e. The molecule has 24 heavy (non-hydrogen) atoms. The molecule has 0 radical (unpaired) electrons. The lowest BCUT2D eigenvalue weighted by Crippen LogP contribution is -1.89. The van der Waals surface area contributed by atoms with Gasteiger partial charge in [-0.15, -0.1) is 12.4 Å². The summed E-state index contributed by atoms with van der Waals surface area (Å²) in [6, 6.07) is 19.1. The zero-order valence-corrected chi connectivity index (χ0v) is 14.2. The van der Waals surface area contributed by atoms with Crippen molar-refractivity contribution in [3.8, 4) is 16.9 Å². The molecule has 120 valence electrons. The number of benzene rings is 2. The van der Waals surface area contributed by atoms with Crippen molar-refractivity contribution in [2.24, 2.45) is 0 Å². The summed E-state index contributed by atoms with van der Waals surface area (Å²) in [5.41, 5.74) is 7.71.